The van der Waals surface area contributed by atoms with Crippen LogP contribution >= 0.6 is 0 Å². The number of benzene rings is 2. The smallest absolute Gasteiger partial charge is 0.245 e. The molecule has 2 aromatic carbocycles. The Bertz CT molecular complexity index is 1040. The van der Waals surface area contributed by atoms with Crippen LogP contribution in [0.3, 0.4) is 0 Å². The Morgan fingerprint density at radius 2 is 1.82 bits per heavy atom. The summed E-state index contributed by atoms with van der Waals surface area (Å²) in [7, 11) is 0. The van der Waals surface area contributed by atoms with E-state index < -0.39 is 0 Å². The molecule has 2 fully saturated rings. The van der Waals surface area contributed by atoms with Gasteiger partial charge in [0.25, 0.3) is 0 Å². The third-order valence-electron chi connectivity index (χ3n) is 5.89. The number of morpholine rings is 1. The summed E-state index contributed by atoms with van der Waals surface area (Å²) >= 11 is 0. The number of piperazine rings is 1. The minimum atomic E-state index is -0.319. The number of ketones is 1. The molecule has 2 aliphatic heterocycles. The van der Waals surface area contributed by atoms with E-state index in [1.165, 1.54) is 0 Å². The SMILES string of the molecule is O=C(COc1ccccc1)[C@H]1CNC(c2nc(-c3ccc(N4CCOCC4)cc3)no2)CN1. The van der Waals surface area contributed by atoms with Gasteiger partial charge in [-0.3, -0.25) is 4.79 Å². The predicted molar refractivity (Wildman–Crippen MR) is 122 cm³/mol. The van der Waals surface area contributed by atoms with Crippen molar-refractivity contribution in [3.63, 3.8) is 0 Å². The molecule has 9 nitrogen and oxygen atoms in total. The van der Waals surface area contributed by atoms with E-state index in [0.29, 0.717) is 30.6 Å². The lowest BCUT2D eigenvalue weighted by Gasteiger charge is -2.28. The van der Waals surface area contributed by atoms with Crippen molar-refractivity contribution in [3.8, 4) is 17.1 Å². The van der Waals surface area contributed by atoms with E-state index in [1.807, 2.05) is 42.5 Å². The Morgan fingerprint density at radius 1 is 1.03 bits per heavy atom. The fourth-order valence-corrected chi connectivity index (χ4v) is 3.98. The predicted octanol–water partition coefficient (Wildman–Crippen LogP) is 1.82. The van der Waals surface area contributed by atoms with E-state index in [1.54, 1.807) is 0 Å². The Hall–Kier alpha value is -3.27. The number of Topliss-reactive ketones (excluding diaryl/α,β-unsaturated/α-hetero) is 1. The first-order chi connectivity index (χ1) is 16.3. The van der Waals surface area contributed by atoms with E-state index in [4.69, 9.17) is 14.0 Å². The van der Waals surface area contributed by atoms with E-state index in [9.17, 15) is 4.79 Å². The summed E-state index contributed by atoms with van der Waals surface area (Å²) in [4.78, 5) is 19.3. The van der Waals surface area contributed by atoms with E-state index in [2.05, 4.69) is 37.8 Å². The number of carbonyl (C=O) groups is 1. The van der Waals surface area contributed by atoms with Gasteiger partial charge < -0.3 is 29.5 Å². The first-order valence-electron chi connectivity index (χ1n) is 11.2. The molecule has 172 valence electrons. The number of hydrogen-bond donors (Lipinski definition) is 2. The van der Waals surface area contributed by atoms with Crippen LogP contribution < -0.4 is 20.3 Å². The number of nitrogens with zero attached hydrogens (tertiary/aromatic N) is 3. The Kier molecular flexibility index (Phi) is 6.61. The van der Waals surface area contributed by atoms with Crippen molar-refractivity contribution in [3.05, 3.63) is 60.5 Å². The second-order valence-electron chi connectivity index (χ2n) is 8.09. The third-order valence-corrected chi connectivity index (χ3v) is 5.89. The first kappa shape index (κ1) is 21.6. The molecule has 0 amide bonds. The van der Waals surface area contributed by atoms with Crippen LogP contribution in [0.1, 0.15) is 11.9 Å². The van der Waals surface area contributed by atoms with Crippen molar-refractivity contribution in [2.75, 3.05) is 50.9 Å². The maximum Gasteiger partial charge on any atom is 0.245 e. The van der Waals surface area contributed by atoms with Crippen LogP contribution in [-0.4, -0.2) is 68.0 Å². The maximum atomic E-state index is 12.5. The molecule has 5 rings (SSSR count). The minimum absolute atomic E-state index is 0.00335. The average Bonchev–Trinajstić information content (AvgIpc) is 3.39. The van der Waals surface area contributed by atoms with Gasteiger partial charge in [0.2, 0.25) is 11.7 Å². The number of ether oxygens (including phenoxy) is 2. The molecular formula is C24H27N5O4. The van der Waals surface area contributed by atoms with Crippen LogP contribution in [0.25, 0.3) is 11.4 Å². The number of anilines is 1. The molecule has 0 spiro atoms. The number of rotatable bonds is 7. The molecule has 0 bridgehead atoms. The Labute approximate surface area is 192 Å². The van der Waals surface area contributed by atoms with Gasteiger partial charge in [0, 0.05) is 37.4 Å². The highest BCUT2D eigenvalue weighted by Gasteiger charge is 2.29. The quantitative estimate of drug-likeness (QED) is 0.559. The number of para-hydroxylation sites is 1. The highest BCUT2D eigenvalue weighted by molar-refractivity contribution is 5.85. The standard InChI is InChI=1S/C24H27N5O4/c30-22(16-32-19-4-2-1-3-5-19)20-14-26-21(15-25-20)24-27-23(28-33-24)17-6-8-18(9-7-17)29-10-12-31-13-11-29/h1-9,20-21,25-26H,10-16H2/t20-,21?/m1/s1. The van der Waals surface area contributed by atoms with Gasteiger partial charge in [0.15, 0.2) is 5.78 Å². The minimum Gasteiger partial charge on any atom is -0.486 e. The normalized spacial score (nSPS) is 21.0. The van der Waals surface area contributed by atoms with Crippen molar-refractivity contribution in [1.29, 1.82) is 0 Å². The number of hydrogen-bond acceptors (Lipinski definition) is 9. The van der Waals surface area contributed by atoms with Crippen LogP contribution in [0.15, 0.2) is 59.1 Å². The fraction of sp³-hybridized carbons (Fsp3) is 0.375. The van der Waals surface area contributed by atoms with Crippen molar-refractivity contribution < 1.29 is 18.8 Å². The molecule has 1 unspecified atom stereocenters. The van der Waals surface area contributed by atoms with Crippen LogP contribution in [0.4, 0.5) is 5.69 Å². The molecule has 2 N–H and O–H groups in total. The highest BCUT2D eigenvalue weighted by atomic mass is 16.5. The number of nitrogens with one attached hydrogen (secondary N) is 2. The molecular weight excluding hydrogens is 422 g/mol. The van der Waals surface area contributed by atoms with Crippen LogP contribution in [0.2, 0.25) is 0 Å². The summed E-state index contributed by atoms with van der Waals surface area (Å²) in [5.74, 6) is 1.73. The molecule has 2 saturated heterocycles. The van der Waals surface area contributed by atoms with Gasteiger partial charge in [0.1, 0.15) is 12.4 Å². The zero-order chi connectivity index (χ0) is 22.5. The van der Waals surface area contributed by atoms with Crippen LogP contribution in [0, 0.1) is 0 Å². The van der Waals surface area contributed by atoms with Gasteiger partial charge in [0.05, 0.1) is 25.3 Å². The van der Waals surface area contributed by atoms with E-state index in [-0.39, 0.29) is 24.5 Å². The monoisotopic (exact) mass is 449 g/mol. The van der Waals surface area contributed by atoms with Gasteiger partial charge in [-0.2, -0.15) is 4.98 Å². The zero-order valence-corrected chi connectivity index (χ0v) is 18.3. The lowest BCUT2D eigenvalue weighted by Crippen LogP contribution is -2.54. The summed E-state index contributed by atoms with van der Waals surface area (Å²) in [6.07, 6.45) is 0. The molecule has 3 heterocycles. The lowest BCUT2D eigenvalue weighted by atomic mass is 10.1. The molecule has 0 radical (unpaired) electrons. The Balaban J connectivity index is 1.14. The molecule has 9 heteroatoms. The summed E-state index contributed by atoms with van der Waals surface area (Å²) in [5, 5.41) is 10.7. The third kappa shape index (κ3) is 5.22. The van der Waals surface area contributed by atoms with Gasteiger partial charge in [-0.05, 0) is 36.4 Å². The largest absolute Gasteiger partial charge is 0.486 e. The maximum absolute atomic E-state index is 12.5. The topological polar surface area (TPSA) is 102 Å². The van der Waals surface area contributed by atoms with Gasteiger partial charge >= 0.3 is 0 Å². The molecule has 0 saturated carbocycles. The molecule has 33 heavy (non-hydrogen) atoms. The number of aromatic nitrogens is 2. The first-order valence-corrected chi connectivity index (χ1v) is 11.2. The zero-order valence-electron chi connectivity index (χ0n) is 18.3. The summed E-state index contributed by atoms with van der Waals surface area (Å²) in [6, 6.07) is 17.0. The number of carbonyl (C=O) groups excluding carboxylic acids is 1. The summed E-state index contributed by atoms with van der Waals surface area (Å²) in [5.41, 5.74) is 2.06. The molecule has 0 aliphatic carbocycles. The van der Waals surface area contributed by atoms with Crippen molar-refractivity contribution in [2.24, 2.45) is 0 Å². The molecule has 2 aliphatic rings. The highest BCUT2D eigenvalue weighted by Crippen LogP contribution is 2.23. The van der Waals surface area contributed by atoms with Crippen molar-refractivity contribution in [2.45, 2.75) is 12.1 Å². The molecule has 1 aromatic heterocycles. The molecule has 3 aromatic rings. The summed E-state index contributed by atoms with van der Waals surface area (Å²) in [6.45, 7) is 4.31. The second kappa shape index (κ2) is 10.1. The second-order valence-corrected chi connectivity index (χ2v) is 8.09. The van der Waals surface area contributed by atoms with E-state index >= 15 is 0 Å². The van der Waals surface area contributed by atoms with Gasteiger partial charge in [-0.15, -0.1) is 0 Å². The molecule has 2 atom stereocenters. The van der Waals surface area contributed by atoms with Gasteiger partial charge in [-0.1, -0.05) is 23.4 Å². The van der Waals surface area contributed by atoms with Crippen LogP contribution in [-0.2, 0) is 9.53 Å². The fourth-order valence-electron chi connectivity index (χ4n) is 3.98. The van der Waals surface area contributed by atoms with E-state index in [0.717, 1.165) is 37.6 Å². The summed E-state index contributed by atoms with van der Waals surface area (Å²) < 4.78 is 16.5. The Morgan fingerprint density at radius 3 is 2.55 bits per heavy atom. The van der Waals surface area contributed by atoms with Crippen molar-refractivity contribution in [1.82, 2.24) is 20.8 Å². The lowest BCUT2D eigenvalue weighted by molar-refractivity contribution is -0.123. The van der Waals surface area contributed by atoms with Gasteiger partial charge in [-0.25, -0.2) is 0 Å². The van der Waals surface area contributed by atoms with Crippen LogP contribution in [0.5, 0.6) is 5.75 Å². The van der Waals surface area contributed by atoms with Crippen molar-refractivity contribution >= 4 is 11.5 Å². The average molecular weight is 450 g/mol.